The van der Waals surface area contributed by atoms with Crippen LogP contribution in [0.5, 0.6) is 17.2 Å². The molecule has 0 bridgehead atoms. The second-order valence-corrected chi connectivity index (χ2v) is 4.87. The summed E-state index contributed by atoms with van der Waals surface area (Å²) in [4.78, 5) is 20.3. The topological polar surface area (TPSA) is 124 Å². The van der Waals surface area contributed by atoms with E-state index in [4.69, 9.17) is 20.1 Å². The zero-order valence-corrected chi connectivity index (χ0v) is 13.9. The third kappa shape index (κ3) is 7.69. The molecule has 2 aromatic carbocycles. The number of phenols is 2. The first-order valence-electron chi connectivity index (χ1n) is 7.30. The van der Waals surface area contributed by atoms with Crippen molar-refractivity contribution < 1.29 is 34.8 Å². The maximum atomic E-state index is 10.2. The van der Waals surface area contributed by atoms with Gasteiger partial charge in [-0.2, -0.15) is 0 Å². The fourth-order valence-electron chi connectivity index (χ4n) is 1.72. The van der Waals surface area contributed by atoms with Gasteiger partial charge in [0.1, 0.15) is 5.75 Å². The van der Waals surface area contributed by atoms with E-state index in [0.29, 0.717) is 11.3 Å². The molecule has 0 fully saturated rings. The van der Waals surface area contributed by atoms with Gasteiger partial charge in [0.05, 0.1) is 7.11 Å². The van der Waals surface area contributed by atoms with E-state index < -0.39 is 11.9 Å². The van der Waals surface area contributed by atoms with Gasteiger partial charge in [0.2, 0.25) is 0 Å². The van der Waals surface area contributed by atoms with E-state index in [-0.39, 0.29) is 11.5 Å². The summed E-state index contributed by atoms with van der Waals surface area (Å²) in [6, 6.07) is 10.9. The van der Waals surface area contributed by atoms with Crippen LogP contribution < -0.4 is 4.74 Å². The number of aromatic hydroxyl groups is 2. The summed E-state index contributed by atoms with van der Waals surface area (Å²) in [7, 11) is 1.43. The van der Waals surface area contributed by atoms with Gasteiger partial charge in [0.15, 0.2) is 11.5 Å². The van der Waals surface area contributed by atoms with E-state index in [9.17, 15) is 14.7 Å². The second-order valence-electron chi connectivity index (χ2n) is 4.87. The van der Waals surface area contributed by atoms with Crippen molar-refractivity contribution in [2.75, 3.05) is 7.11 Å². The summed E-state index contributed by atoms with van der Waals surface area (Å²) in [6.45, 7) is 0. The van der Waals surface area contributed by atoms with E-state index in [1.165, 1.54) is 37.5 Å². The summed E-state index contributed by atoms with van der Waals surface area (Å²) in [5.41, 5.74) is 1.40. The van der Waals surface area contributed by atoms with Crippen molar-refractivity contribution in [1.82, 2.24) is 0 Å². The molecule has 2 aromatic rings. The van der Waals surface area contributed by atoms with Gasteiger partial charge in [-0.25, -0.2) is 9.59 Å². The summed E-state index contributed by atoms with van der Waals surface area (Å²) in [5, 5.41) is 34.8. The third-order valence-corrected chi connectivity index (χ3v) is 2.93. The zero-order valence-electron chi connectivity index (χ0n) is 13.9. The number of hydrogen-bond acceptors (Lipinski definition) is 5. The van der Waals surface area contributed by atoms with E-state index in [2.05, 4.69) is 0 Å². The molecule has 0 heterocycles. The normalized spacial score (nSPS) is 10.3. The SMILES string of the molecule is COc1cc(/C=C/C(=O)O)ccc1O.O=C(O)C=Cc1ccc(O)cc1. The van der Waals surface area contributed by atoms with Gasteiger partial charge in [-0.15, -0.1) is 0 Å². The van der Waals surface area contributed by atoms with Gasteiger partial charge in [0, 0.05) is 12.2 Å². The fraction of sp³-hybridized carbons (Fsp3) is 0.0526. The molecule has 0 radical (unpaired) electrons. The highest BCUT2D eigenvalue weighted by Gasteiger charge is 2.00. The molecule has 0 saturated heterocycles. The predicted molar refractivity (Wildman–Crippen MR) is 96.1 cm³/mol. The van der Waals surface area contributed by atoms with Crippen LogP contribution in [0.4, 0.5) is 0 Å². The van der Waals surface area contributed by atoms with Crippen molar-refractivity contribution >= 4 is 24.1 Å². The van der Waals surface area contributed by atoms with Crippen LogP contribution >= 0.6 is 0 Å². The molecule has 136 valence electrons. The van der Waals surface area contributed by atoms with Crippen LogP contribution in [0.3, 0.4) is 0 Å². The van der Waals surface area contributed by atoms with Crippen molar-refractivity contribution in [3.05, 3.63) is 65.7 Å². The minimum Gasteiger partial charge on any atom is -0.508 e. The van der Waals surface area contributed by atoms with Crippen LogP contribution in [0.1, 0.15) is 11.1 Å². The number of ether oxygens (including phenoxy) is 1. The monoisotopic (exact) mass is 358 g/mol. The molecule has 7 nitrogen and oxygen atoms in total. The summed E-state index contributed by atoms with van der Waals surface area (Å²) in [6.07, 6.45) is 4.95. The highest BCUT2D eigenvalue weighted by Crippen LogP contribution is 2.26. The predicted octanol–water partition coefficient (Wildman–Crippen LogP) is 2.99. The quantitative estimate of drug-likeness (QED) is 0.606. The number of hydrogen-bond donors (Lipinski definition) is 4. The number of benzene rings is 2. The average Bonchev–Trinajstić information content (AvgIpc) is 2.61. The largest absolute Gasteiger partial charge is 0.508 e. The maximum Gasteiger partial charge on any atom is 0.328 e. The first kappa shape index (κ1) is 20.3. The Morgan fingerprint density at radius 3 is 1.85 bits per heavy atom. The van der Waals surface area contributed by atoms with Gasteiger partial charge < -0.3 is 25.2 Å². The minimum atomic E-state index is -1.02. The fourth-order valence-corrected chi connectivity index (χ4v) is 1.72. The van der Waals surface area contributed by atoms with Crippen molar-refractivity contribution in [3.63, 3.8) is 0 Å². The summed E-state index contributed by atoms with van der Waals surface area (Å²) >= 11 is 0. The lowest BCUT2D eigenvalue weighted by Gasteiger charge is -2.03. The molecule has 26 heavy (non-hydrogen) atoms. The van der Waals surface area contributed by atoms with Crippen LogP contribution in [-0.4, -0.2) is 39.5 Å². The van der Waals surface area contributed by atoms with E-state index in [0.717, 1.165) is 17.7 Å². The smallest absolute Gasteiger partial charge is 0.328 e. The number of rotatable bonds is 5. The van der Waals surface area contributed by atoms with Crippen molar-refractivity contribution in [2.45, 2.75) is 0 Å². The molecular formula is C19H18O7. The van der Waals surface area contributed by atoms with Crippen LogP contribution in [0.15, 0.2) is 54.6 Å². The molecule has 0 saturated carbocycles. The number of methoxy groups -OCH3 is 1. The number of aliphatic carboxylic acids is 2. The minimum absolute atomic E-state index is 0.0278. The molecule has 0 aromatic heterocycles. The van der Waals surface area contributed by atoms with Crippen LogP contribution in [0.2, 0.25) is 0 Å². The van der Waals surface area contributed by atoms with Crippen LogP contribution in [0, 0.1) is 0 Å². The Morgan fingerprint density at radius 1 is 0.846 bits per heavy atom. The molecule has 0 aliphatic carbocycles. The molecule has 0 aliphatic heterocycles. The Balaban J connectivity index is 0.000000263. The van der Waals surface area contributed by atoms with Gasteiger partial charge in [-0.05, 0) is 47.5 Å². The van der Waals surface area contributed by atoms with Crippen LogP contribution in [0.25, 0.3) is 12.2 Å². The number of phenolic OH excluding ortho intramolecular Hbond substituents is 2. The van der Waals surface area contributed by atoms with Gasteiger partial charge >= 0.3 is 11.9 Å². The lowest BCUT2D eigenvalue weighted by molar-refractivity contribution is -0.132. The third-order valence-electron chi connectivity index (χ3n) is 2.93. The van der Waals surface area contributed by atoms with E-state index in [1.54, 1.807) is 24.3 Å². The molecule has 7 heteroatoms. The standard InChI is InChI=1S/C10H10O4.C9H8O3/c1-14-9-6-7(2-4-8(9)11)3-5-10(12)13;10-8-4-1-7(2-5-8)3-6-9(11)12/h2-6,11H,1H3,(H,12,13);1-6,10H,(H,11,12)/b5-3+;. The highest BCUT2D eigenvalue weighted by atomic mass is 16.5. The first-order valence-corrected chi connectivity index (χ1v) is 7.30. The molecule has 2 rings (SSSR count). The Bertz CT molecular complexity index is 805. The van der Waals surface area contributed by atoms with Crippen LogP contribution in [-0.2, 0) is 9.59 Å². The van der Waals surface area contributed by atoms with E-state index >= 15 is 0 Å². The Kier molecular flexibility index (Phi) is 7.96. The van der Waals surface area contributed by atoms with Gasteiger partial charge in [-0.3, -0.25) is 0 Å². The molecule has 4 N–H and O–H groups in total. The van der Waals surface area contributed by atoms with Gasteiger partial charge in [-0.1, -0.05) is 18.2 Å². The number of carbonyl (C=O) groups is 2. The van der Waals surface area contributed by atoms with Crippen molar-refractivity contribution in [3.8, 4) is 17.2 Å². The average molecular weight is 358 g/mol. The highest BCUT2D eigenvalue weighted by molar-refractivity contribution is 5.85. The van der Waals surface area contributed by atoms with Crippen molar-refractivity contribution in [2.24, 2.45) is 0 Å². The molecule has 0 spiro atoms. The van der Waals surface area contributed by atoms with Gasteiger partial charge in [0.25, 0.3) is 0 Å². The Hall–Kier alpha value is -3.74. The second kappa shape index (κ2) is 10.2. The van der Waals surface area contributed by atoms with E-state index in [1.807, 2.05) is 0 Å². The molecule has 0 aliphatic rings. The number of carboxylic acids is 2. The Morgan fingerprint density at radius 2 is 1.35 bits per heavy atom. The summed E-state index contributed by atoms with van der Waals surface area (Å²) in [5.74, 6) is -1.49. The number of carboxylic acid groups (broad SMARTS) is 2. The molecular weight excluding hydrogens is 340 g/mol. The van der Waals surface area contributed by atoms with Crippen molar-refractivity contribution in [1.29, 1.82) is 0 Å². The zero-order chi connectivity index (χ0) is 19.5. The molecule has 0 unspecified atom stereocenters. The lowest BCUT2D eigenvalue weighted by Crippen LogP contribution is -1.87. The molecule has 0 atom stereocenters. The Labute approximate surface area is 149 Å². The maximum absolute atomic E-state index is 10.2. The summed E-state index contributed by atoms with van der Waals surface area (Å²) < 4.78 is 4.86. The first-order chi connectivity index (χ1) is 12.3. The molecule has 0 amide bonds. The lowest BCUT2D eigenvalue weighted by atomic mass is 10.2.